The number of nitrogens with one attached hydrogen (secondary N) is 2. The van der Waals surface area contributed by atoms with Gasteiger partial charge in [-0.1, -0.05) is 12.1 Å². The molecule has 0 aliphatic carbocycles. The summed E-state index contributed by atoms with van der Waals surface area (Å²) in [5.74, 6) is -0.106. The first-order chi connectivity index (χ1) is 12.3. The maximum atomic E-state index is 12.4. The van der Waals surface area contributed by atoms with Gasteiger partial charge in [-0.25, -0.2) is 0 Å². The monoisotopic (exact) mass is 327 g/mol. The number of hydrogen-bond acceptors (Lipinski definition) is 2. The highest BCUT2D eigenvalue weighted by Gasteiger charge is 2.07. The summed E-state index contributed by atoms with van der Waals surface area (Å²) in [5.41, 5.74) is 4.87. The second-order valence-electron chi connectivity index (χ2n) is 5.96. The van der Waals surface area contributed by atoms with Crippen LogP contribution in [-0.2, 0) is 6.42 Å². The van der Waals surface area contributed by atoms with Crippen molar-refractivity contribution in [2.45, 2.75) is 6.42 Å². The maximum Gasteiger partial charge on any atom is 0.255 e. The number of pyridine rings is 1. The minimum atomic E-state index is -0.106. The molecule has 25 heavy (non-hydrogen) atoms. The van der Waals surface area contributed by atoms with Gasteiger partial charge in [0.2, 0.25) is 0 Å². The van der Waals surface area contributed by atoms with Gasteiger partial charge in [0.1, 0.15) is 0 Å². The summed E-state index contributed by atoms with van der Waals surface area (Å²) < 4.78 is 0. The summed E-state index contributed by atoms with van der Waals surface area (Å²) in [7, 11) is 0. The van der Waals surface area contributed by atoms with E-state index in [-0.39, 0.29) is 5.91 Å². The van der Waals surface area contributed by atoms with Crippen LogP contribution in [0.25, 0.3) is 10.9 Å². The number of benzene rings is 2. The van der Waals surface area contributed by atoms with Crippen molar-refractivity contribution in [3.63, 3.8) is 0 Å². The highest BCUT2D eigenvalue weighted by Crippen LogP contribution is 2.17. The second kappa shape index (κ2) is 6.61. The third-order valence-corrected chi connectivity index (χ3v) is 4.18. The van der Waals surface area contributed by atoms with Gasteiger partial charge in [0, 0.05) is 40.7 Å². The number of aromatic nitrogens is 2. The Labute approximate surface area is 145 Å². The molecule has 0 bridgehead atoms. The second-order valence-corrected chi connectivity index (χ2v) is 5.96. The first-order valence-electron chi connectivity index (χ1n) is 8.14. The van der Waals surface area contributed by atoms with Crippen LogP contribution in [0.2, 0.25) is 0 Å². The summed E-state index contributed by atoms with van der Waals surface area (Å²) in [6.07, 6.45) is 6.31. The average Bonchev–Trinajstić information content (AvgIpc) is 3.12. The molecule has 0 spiro atoms. The van der Waals surface area contributed by atoms with Crippen LogP contribution in [0.5, 0.6) is 0 Å². The summed E-state index contributed by atoms with van der Waals surface area (Å²) in [4.78, 5) is 19.6. The standard InChI is InChI=1S/C21H17N3O/c25-21(18-3-6-20-17(14-18)9-12-23-20)24-19-4-1-15(2-5-19)13-16-7-10-22-11-8-16/h1-12,14,23H,13H2,(H,24,25). The van der Waals surface area contributed by atoms with Gasteiger partial charge in [0.25, 0.3) is 5.91 Å². The number of carbonyl (C=O) groups is 1. The fraction of sp³-hybridized carbons (Fsp3) is 0.0476. The number of nitrogens with zero attached hydrogens (tertiary/aromatic N) is 1. The molecule has 4 rings (SSSR count). The van der Waals surface area contributed by atoms with E-state index in [0.29, 0.717) is 5.56 Å². The molecule has 0 radical (unpaired) electrons. The molecule has 0 saturated heterocycles. The van der Waals surface area contributed by atoms with E-state index >= 15 is 0 Å². The lowest BCUT2D eigenvalue weighted by molar-refractivity contribution is 0.102. The lowest BCUT2D eigenvalue weighted by Crippen LogP contribution is -2.11. The van der Waals surface area contributed by atoms with E-state index in [4.69, 9.17) is 0 Å². The first kappa shape index (κ1) is 15.1. The number of anilines is 1. The van der Waals surface area contributed by atoms with Gasteiger partial charge < -0.3 is 10.3 Å². The molecule has 0 aliphatic heterocycles. The van der Waals surface area contributed by atoms with Gasteiger partial charge in [-0.3, -0.25) is 9.78 Å². The fourth-order valence-corrected chi connectivity index (χ4v) is 2.84. The van der Waals surface area contributed by atoms with Gasteiger partial charge >= 0.3 is 0 Å². The number of H-pyrrole nitrogens is 1. The van der Waals surface area contributed by atoms with Crippen LogP contribution in [0.1, 0.15) is 21.5 Å². The van der Waals surface area contributed by atoms with Gasteiger partial charge in [0.05, 0.1) is 0 Å². The normalized spacial score (nSPS) is 10.7. The van der Waals surface area contributed by atoms with E-state index in [9.17, 15) is 4.79 Å². The highest BCUT2D eigenvalue weighted by atomic mass is 16.1. The molecular weight excluding hydrogens is 310 g/mol. The Hall–Kier alpha value is -3.40. The van der Waals surface area contributed by atoms with Crippen molar-refractivity contribution in [2.75, 3.05) is 5.32 Å². The molecule has 0 fully saturated rings. The van der Waals surface area contributed by atoms with Crippen LogP contribution in [0.4, 0.5) is 5.69 Å². The molecule has 122 valence electrons. The molecule has 4 aromatic rings. The van der Waals surface area contributed by atoms with Crippen LogP contribution >= 0.6 is 0 Å². The predicted molar refractivity (Wildman–Crippen MR) is 99.7 cm³/mol. The van der Waals surface area contributed by atoms with Crippen LogP contribution in [0, 0.1) is 0 Å². The van der Waals surface area contributed by atoms with Crippen molar-refractivity contribution in [2.24, 2.45) is 0 Å². The van der Waals surface area contributed by atoms with Crippen molar-refractivity contribution < 1.29 is 4.79 Å². The Kier molecular flexibility index (Phi) is 4.01. The molecule has 4 heteroatoms. The zero-order valence-electron chi connectivity index (χ0n) is 13.6. The number of amides is 1. The Bertz CT molecular complexity index is 1000. The lowest BCUT2D eigenvalue weighted by Gasteiger charge is -2.07. The number of carbonyl (C=O) groups excluding carboxylic acids is 1. The van der Waals surface area contributed by atoms with Crippen LogP contribution in [0.15, 0.2) is 79.3 Å². The largest absolute Gasteiger partial charge is 0.361 e. The van der Waals surface area contributed by atoms with E-state index in [2.05, 4.69) is 15.3 Å². The third kappa shape index (κ3) is 3.43. The Morgan fingerprint density at radius 2 is 1.68 bits per heavy atom. The van der Waals surface area contributed by atoms with E-state index in [0.717, 1.165) is 23.0 Å². The Balaban J connectivity index is 1.46. The van der Waals surface area contributed by atoms with Crippen LogP contribution in [-0.4, -0.2) is 15.9 Å². The molecule has 2 heterocycles. The number of fused-ring (bicyclic) bond motifs is 1. The molecule has 4 nitrogen and oxygen atoms in total. The summed E-state index contributed by atoms with van der Waals surface area (Å²) in [6.45, 7) is 0. The smallest absolute Gasteiger partial charge is 0.255 e. The van der Waals surface area contributed by atoms with E-state index in [1.165, 1.54) is 11.1 Å². The highest BCUT2D eigenvalue weighted by molar-refractivity contribution is 6.06. The number of aromatic amines is 1. The lowest BCUT2D eigenvalue weighted by atomic mass is 10.1. The van der Waals surface area contributed by atoms with Gasteiger partial charge in [0.15, 0.2) is 0 Å². The molecule has 0 unspecified atom stereocenters. The minimum absolute atomic E-state index is 0.106. The van der Waals surface area contributed by atoms with E-state index in [1.807, 2.05) is 66.9 Å². The van der Waals surface area contributed by atoms with E-state index in [1.54, 1.807) is 12.4 Å². The number of hydrogen-bond donors (Lipinski definition) is 2. The minimum Gasteiger partial charge on any atom is -0.361 e. The summed E-state index contributed by atoms with van der Waals surface area (Å²) in [6, 6.07) is 19.5. The van der Waals surface area contributed by atoms with Gasteiger partial charge in [-0.2, -0.15) is 0 Å². The van der Waals surface area contributed by atoms with Gasteiger partial charge in [-0.15, -0.1) is 0 Å². The number of rotatable bonds is 4. The first-order valence-corrected chi connectivity index (χ1v) is 8.14. The van der Waals surface area contributed by atoms with Crippen LogP contribution < -0.4 is 5.32 Å². The van der Waals surface area contributed by atoms with Crippen molar-refractivity contribution >= 4 is 22.5 Å². The summed E-state index contributed by atoms with van der Waals surface area (Å²) in [5, 5.41) is 3.98. The van der Waals surface area contributed by atoms with Crippen molar-refractivity contribution in [3.05, 3.63) is 95.9 Å². The zero-order chi connectivity index (χ0) is 17.1. The van der Waals surface area contributed by atoms with Crippen molar-refractivity contribution in [3.8, 4) is 0 Å². The fourth-order valence-electron chi connectivity index (χ4n) is 2.84. The maximum absolute atomic E-state index is 12.4. The zero-order valence-corrected chi connectivity index (χ0v) is 13.6. The molecule has 1 amide bonds. The third-order valence-electron chi connectivity index (χ3n) is 4.18. The molecule has 0 saturated carbocycles. The molecule has 0 atom stereocenters. The van der Waals surface area contributed by atoms with Crippen molar-refractivity contribution in [1.82, 2.24) is 9.97 Å². The SMILES string of the molecule is O=C(Nc1ccc(Cc2ccncc2)cc1)c1ccc2[nH]ccc2c1. The molecule has 2 N–H and O–H groups in total. The predicted octanol–water partition coefficient (Wildman–Crippen LogP) is 4.41. The quantitative estimate of drug-likeness (QED) is 0.583. The molecule has 2 aromatic heterocycles. The van der Waals surface area contributed by atoms with Crippen LogP contribution in [0.3, 0.4) is 0 Å². The topological polar surface area (TPSA) is 57.8 Å². The Morgan fingerprint density at radius 1 is 0.920 bits per heavy atom. The van der Waals surface area contributed by atoms with Gasteiger partial charge in [-0.05, 0) is 66.1 Å². The molecule has 2 aromatic carbocycles. The Morgan fingerprint density at radius 3 is 2.48 bits per heavy atom. The average molecular weight is 327 g/mol. The molecule has 0 aliphatic rings. The summed E-state index contributed by atoms with van der Waals surface area (Å²) >= 11 is 0. The van der Waals surface area contributed by atoms with E-state index < -0.39 is 0 Å². The molecular formula is C21H17N3O. The van der Waals surface area contributed by atoms with Crippen molar-refractivity contribution in [1.29, 1.82) is 0 Å².